The maximum atomic E-state index is 13.6. The second-order valence-electron chi connectivity index (χ2n) is 8.52. The SMILES string of the molecule is CSCC[C@@H](NC(=O)c1nn(-c2ccc(F)cc2)c2c1CCCCC2)c1nnc2ccccn12. The van der Waals surface area contributed by atoms with Crippen molar-refractivity contribution in [2.75, 3.05) is 12.0 Å². The van der Waals surface area contributed by atoms with E-state index < -0.39 is 0 Å². The van der Waals surface area contributed by atoms with Crippen molar-refractivity contribution in [1.82, 2.24) is 29.7 Å². The van der Waals surface area contributed by atoms with Crippen LogP contribution < -0.4 is 5.32 Å². The summed E-state index contributed by atoms with van der Waals surface area (Å²) < 4.78 is 17.3. The summed E-state index contributed by atoms with van der Waals surface area (Å²) in [6.07, 6.45) is 9.52. The lowest BCUT2D eigenvalue weighted by Gasteiger charge is -2.17. The molecule has 5 rings (SSSR count). The molecule has 0 unspecified atom stereocenters. The zero-order valence-electron chi connectivity index (χ0n) is 19.1. The zero-order chi connectivity index (χ0) is 23.5. The first-order valence-corrected chi connectivity index (χ1v) is 13.0. The van der Waals surface area contributed by atoms with Gasteiger partial charge in [0.05, 0.1) is 11.7 Å². The third-order valence-corrected chi connectivity index (χ3v) is 6.93. The van der Waals surface area contributed by atoms with Crippen LogP contribution in [0.25, 0.3) is 11.3 Å². The summed E-state index contributed by atoms with van der Waals surface area (Å²) in [5, 5.41) is 16.6. The highest BCUT2D eigenvalue weighted by atomic mass is 32.2. The minimum atomic E-state index is -0.297. The molecule has 176 valence electrons. The molecular formula is C25H27FN6OS. The molecular weight excluding hydrogens is 451 g/mol. The molecule has 0 fully saturated rings. The van der Waals surface area contributed by atoms with Crippen LogP contribution in [-0.4, -0.2) is 42.3 Å². The number of benzene rings is 1. The predicted octanol–water partition coefficient (Wildman–Crippen LogP) is 4.55. The van der Waals surface area contributed by atoms with E-state index in [1.807, 2.05) is 39.7 Å². The van der Waals surface area contributed by atoms with Gasteiger partial charge in [0, 0.05) is 17.5 Å². The van der Waals surface area contributed by atoms with E-state index in [2.05, 4.69) is 15.5 Å². The Balaban J connectivity index is 1.51. The summed E-state index contributed by atoms with van der Waals surface area (Å²) in [4.78, 5) is 13.6. The lowest BCUT2D eigenvalue weighted by Crippen LogP contribution is -2.31. The van der Waals surface area contributed by atoms with Crippen LogP contribution in [0.5, 0.6) is 0 Å². The van der Waals surface area contributed by atoms with Crippen molar-refractivity contribution in [3.63, 3.8) is 0 Å². The molecule has 1 aliphatic rings. The van der Waals surface area contributed by atoms with Gasteiger partial charge in [-0.15, -0.1) is 10.2 Å². The largest absolute Gasteiger partial charge is 0.341 e. The van der Waals surface area contributed by atoms with Crippen LogP contribution in [-0.2, 0) is 12.8 Å². The second-order valence-corrected chi connectivity index (χ2v) is 9.50. The molecule has 34 heavy (non-hydrogen) atoms. The topological polar surface area (TPSA) is 77.1 Å². The summed E-state index contributed by atoms with van der Waals surface area (Å²) in [6, 6.07) is 11.7. The number of thioether (sulfide) groups is 1. The first kappa shape index (κ1) is 22.6. The Labute approximate surface area is 201 Å². The maximum Gasteiger partial charge on any atom is 0.272 e. The number of nitrogens with one attached hydrogen (secondary N) is 1. The summed E-state index contributed by atoms with van der Waals surface area (Å²) in [5.41, 5.74) is 4.00. The van der Waals surface area contributed by atoms with Crippen molar-refractivity contribution in [3.8, 4) is 5.69 Å². The fourth-order valence-corrected chi connectivity index (χ4v) is 5.05. The Bertz CT molecular complexity index is 1300. The average Bonchev–Trinajstić information content (AvgIpc) is 3.36. The molecule has 1 aromatic carbocycles. The van der Waals surface area contributed by atoms with E-state index in [1.165, 1.54) is 12.1 Å². The van der Waals surface area contributed by atoms with Crippen LogP contribution in [0.3, 0.4) is 0 Å². The molecule has 1 N–H and O–H groups in total. The number of carbonyl (C=O) groups is 1. The molecule has 1 aliphatic carbocycles. The third-order valence-electron chi connectivity index (χ3n) is 6.28. The van der Waals surface area contributed by atoms with Crippen LogP contribution in [0.4, 0.5) is 4.39 Å². The fourth-order valence-electron chi connectivity index (χ4n) is 4.58. The summed E-state index contributed by atoms with van der Waals surface area (Å²) >= 11 is 1.72. The van der Waals surface area contributed by atoms with Gasteiger partial charge in [-0.05, 0) is 80.5 Å². The number of carbonyl (C=O) groups excluding carboxylic acids is 1. The number of halogens is 1. The van der Waals surface area contributed by atoms with E-state index in [4.69, 9.17) is 5.10 Å². The van der Waals surface area contributed by atoms with Gasteiger partial charge in [-0.25, -0.2) is 9.07 Å². The molecule has 0 aliphatic heterocycles. The van der Waals surface area contributed by atoms with Gasteiger partial charge in [0.1, 0.15) is 5.82 Å². The van der Waals surface area contributed by atoms with Crippen molar-refractivity contribution in [3.05, 3.63) is 77.3 Å². The first-order chi connectivity index (χ1) is 16.7. The maximum absolute atomic E-state index is 13.6. The molecule has 3 heterocycles. The average molecular weight is 479 g/mol. The Morgan fingerprint density at radius 1 is 1.12 bits per heavy atom. The monoisotopic (exact) mass is 478 g/mol. The predicted molar refractivity (Wildman–Crippen MR) is 131 cm³/mol. The van der Waals surface area contributed by atoms with Crippen molar-refractivity contribution in [1.29, 1.82) is 0 Å². The van der Waals surface area contributed by atoms with E-state index >= 15 is 0 Å². The molecule has 0 bridgehead atoms. The second kappa shape index (κ2) is 9.97. The number of fused-ring (bicyclic) bond motifs is 2. The van der Waals surface area contributed by atoms with Crippen LogP contribution in [0.15, 0.2) is 48.7 Å². The molecule has 3 aromatic heterocycles. The van der Waals surface area contributed by atoms with Crippen LogP contribution >= 0.6 is 11.8 Å². The fraction of sp³-hybridized carbons (Fsp3) is 0.360. The van der Waals surface area contributed by atoms with Gasteiger partial charge in [0.2, 0.25) is 0 Å². The molecule has 1 atom stereocenters. The summed E-state index contributed by atoms with van der Waals surface area (Å²) in [6.45, 7) is 0. The van der Waals surface area contributed by atoms with E-state index in [9.17, 15) is 9.18 Å². The molecule has 4 aromatic rings. The zero-order valence-corrected chi connectivity index (χ0v) is 19.9. The van der Waals surface area contributed by atoms with Gasteiger partial charge >= 0.3 is 0 Å². The molecule has 1 amide bonds. The van der Waals surface area contributed by atoms with Crippen molar-refractivity contribution in [2.24, 2.45) is 0 Å². The summed E-state index contributed by atoms with van der Waals surface area (Å²) in [5.74, 6) is 1.08. The number of nitrogens with zero attached hydrogens (tertiary/aromatic N) is 5. The van der Waals surface area contributed by atoms with Gasteiger partial charge in [-0.1, -0.05) is 12.5 Å². The van der Waals surface area contributed by atoms with Crippen LogP contribution in [0.1, 0.15) is 59.3 Å². The lowest BCUT2D eigenvalue weighted by molar-refractivity contribution is 0.0927. The summed E-state index contributed by atoms with van der Waals surface area (Å²) in [7, 11) is 0. The number of amides is 1. The van der Waals surface area contributed by atoms with E-state index in [0.717, 1.165) is 66.9 Å². The first-order valence-electron chi connectivity index (χ1n) is 11.6. The minimum Gasteiger partial charge on any atom is -0.341 e. The van der Waals surface area contributed by atoms with Crippen molar-refractivity contribution in [2.45, 2.75) is 44.6 Å². The Hall–Kier alpha value is -3.20. The molecule has 0 saturated carbocycles. The third kappa shape index (κ3) is 4.44. The van der Waals surface area contributed by atoms with Crippen molar-refractivity contribution >= 4 is 23.3 Å². The number of hydrogen-bond donors (Lipinski definition) is 1. The quantitative estimate of drug-likeness (QED) is 0.395. The number of aromatic nitrogens is 5. The number of hydrogen-bond acceptors (Lipinski definition) is 5. The Kier molecular flexibility index (Phi) is 6.62. The minimum absolute atomic E-state index is 0.210. The normalized spacial score (nSPS) is 14.5. The molecule has 9 heteroatoms. The Morgan fingerprint density at radius 2 is 1.94 bits per heavy atom. The van der Waals surface area contributed by atoms with E-state index in [1.54, 1.807) is 23.9 Å². The molecule has 7 nitrogen and oxygen atoms in total. The molecule has 0 radical (unpaired) electrons. The number of pyridine rings is 1. The van der Waals surface area contributed by atoms with E-state index in [0.29, 0.717) is 11.5 Å². The number of rotatable bonds is 7. The van der Waals surface area contributed by atoms with Gasteiger partial charge in [-0.3, -0.25) is 9.20 Å². The smallest absolute Gasteiger partial charge is 0.272 e. The standard InChI is InChI=1S/C25H27FN6OS/c1-34-16-14-20(24-29-28-22-9-5-6-15-31(22)24)27-25(33)23-19-7-3-2-4-8-21(19)32(30-23)18-12-10-17(26)11-13-18/h5-6,9-13,15,20H,2-4,7-8,14,16H2,1H3,(H,27,33)/t20-/m1/s1. The van der Waals surface area contributed by atoms with E-state index in [-0.39, 0.29) is 17.8 Å². The van der Waals surface area contributed by atoms with Crippen molar-refractivity contribution < 1.29 is 9.18 Å². The van der Waals surface area contributed by atoms with Gasteiger partial charge < -0.3 is 5.32 Å². The highest BCUT2D eigenvalue weighted by molar-refractivity contribution is 7.98. The lowest BCUT2D eigenvalue weighted by atomic mass is 10.1. The van der Waals surface area contributed by atoms with Gasteiger partial charge in [-0.2, -0.15) is 16.9 Å². The van der Waals surface area contributed by atoms with Gasteiger partial charge in [0.25, 0.3) is 5.91 Å². The molecule has 0 spiro atoms. The highest BCUT2D eigenvalue weighted by Crippen LogP contribution is 2.27. The highest BCUT2D eigenvalue weighted by Gasteiger charge is 2.28. The van der Waals surface area contributed by atoms with Crippen LogP contribution in [0.2, 0.25) is 0 Å². The van der Waals surface area contributed by atoms with Gasteiger partial charge in [0.15, 0.2) is 17.2 Å². The van der Waals surface area contributed by atoms with Crippen LogP contribution in [0, 0.1) is 5.82 Å². The molecule has 0 saturated heterocycles. The Morgan fingerprint density at radius 3 is 2.76 bits per heavy atom.